The lowest BCUT2D eigenvalue weighted by atomic mass is 10.3. The summed E-state index contributed by atoms with van der Waals surface area (Å²) in [5, 5.41) is 0. The first-order valence-electron chi connectivity index (χ1n) is 6.10. The highest BCUT2D eigenvalue weighted by molar-refractivity contribution is 7.84. The highest BCUT2D eigenvalue weighted by Crippen LogP contribution is 2.19. The van der Waals surface area contributed by atoms with Gasteiger partial charge in [-0.15, -0.1) is 0 Å². The molecule has 0 amide bonds. The van der Waals surface area contributed by atoms with Gasteiger partial charge in [-0.25, -0.2) is 13.8 Å². The van der Waals surface area contributed by atoms with Crippen LogP contribution in [-0.4, -0.2) is 14.2 Å². The van der Waals surface area contributed by atoms with E-state index in [0.29, 0.717) is 22.5 Å². The number of aromatic nitrogens is 2. The van der Waals surface area contributed by atoms with Crippen LogP contribution in [0.5, 0.6) is 0 Å². The molecule has 0 fully saturated rings. The van der Waals surface area contributed by atoms with Crippen molar-refractivity contribution in [2.45, 2.75) is 10.6 Å². The van der Waals surface area contributed by atoms with Gasteiger partial charge in [-0.3, -0.25) is 4.21 Å². The molecule has 0 radical (unpaired) electrons. The average Bonchev–Trinajstić information content (AvgIpc) is 2.82. The summed E-state index contributed by atoms with van der Waals surface area (Å²) in [5.41, 5.74) is 7.63. The van der Waals surface area contributed by atoms with Gasteiger partial charge in [0.2, 0.25) is 0 Å². The quantitative estimate of drug-likeness (QED) is 0.731. The molecule has 7 heteroatoms. The van der Waals surface area contributed by atoms with E-state index in [-0.39, 0.29) is 10.6 Å². The average molecular weight is 307 g/mol. The maximum absolute atomic E-state index is 13.6. The van der Waals surface area contributed by atoms with Crippen LogP contribution < -0.4 is 5.73 Å². The second-order valence-corrected chi connectivity index (χ2v) is 5.94. The van der Waals surface area contributed by atoms with E-state index in [2.05, 4.69) is 9.97 Å². The lowest BCUT2D eigenvalue weighted by Crippen LogP contribution is -2.01. The molecule has 1 heterocycles. The highest BCUT2D eigenvalue weighted by atomic mass is 32.2. The highest BCUT2D eigenvalue weighted by Gasteiger charge is 2.14. The van der Waals surface area contributed by atoms with Gasteiger partial charge < -0.3 is 10.7 Å². The van der Waals surface area contributed by atoms with Gasteiger partial charge in [-0.2, -0.15) is 0 Å². The maximum atomic E-state index is 13.6. The topological polar surface area (TPSA) is 71.8 Å². The van der Waals surface area contributed by atoms with Gasteiger partial charge in [0.1, 0.15) is 17.5 Å². The Bertz CT molecular complexity index is 847. The number of hydrogen-bond acceptors (Lipinski definition) is 3. The molecule has 0 aliphatic carbocycles. The van der Waals surface area contributed by atoms with Crippen LogP contribution in [0.1, 0.15) is 5.82 Å². The Kier molecular flexibility index (Phi) is 3.42. The van der Waals surface area contributed by atoms with Gasteiger partial charge in [0.05, 0.1) is 32.5 Å². The number of aromatic amines is 1. The summed E-state index contributed by atoms with van der Waals surface area (Å²) in [6.07, 6.45) is 0. The normalized spacial score (nSPS) is 12.7. The zero-order chi connectivity index (χ0) is 15.0. The van der Waals surface area contributed by atoms with Crippen molar-refractivity contribution >= 4 is 27.5 Å². The number of anilines is 1. The fraction of sp³-hybridized carbons (Fsp3) is 0.0714. The van der Waals surface area contributed by atoms with Crippen molar-refractivity contribution in [1.82, 2.24) is 9.97 Å². The zero-order valence-electron chi connectivity index (χ0n) is 10.8. The molecule has 0 bridgehead atoms. The summed E-state index contributed by atoms with van der Waals surface area (Å²) in [6, 6.07) is 8.03. The van der Waals surface area contributed by atoms with E-state index in [1.165, 1.54) is 0 Å². The number of halogens is 2. The molecular formula is C14H11F2N3OS. The number of rotatable bonds is 3. The van der Waals surface area contributed by atoms with Gasteiger partial charge >= 0.3 is 0 Å². The molecule has 3 N–H and O–H groups in total. The molecule has 3 aromatic rings. The summed E-state index contributed by atoms with van der Waals surface area (Å²) in [6.45, 7) is 0. The number of hydrogen-bond donors (Lipinski definition) is 2. The predicted molar refractivity (Wildman–Crippen MR) is 77.0 cm³/mol. The Morgan fingerprint density at radius 1 is 1.19 bits per heavy atom. The Morgan fingerprint density at radius 3 is 2.81 bits per heavy atom. The second-order valence-electron chi connectivity index (χ2n) is 4.52. The number of nitrogens with zero attached hydrogens (tertiary/aromatic N) is 1. The van der Waals surface area contributed by atoms with Crippen molar-refractivity contribution in [2.24, 2.45) is 0 Å². The Balaban J connectivity index is 1.90. The first-order valence-corrected chi connectivity index (χ1v) is 7.42. The molecule has 1 aromatic heterocycles. The molecule has 21 heavy (non-hydrogen) atoms. The number of imidazole rings is 1. The van der Waals surface area contributed by atoms with Crippen LogP contribution in [0.15, 0.2) is 41.3 Å². The lowest BCUT2D eigenvalue weighted by Gasteiger charge is -2.02. The van der Waals surface area contributed by atoms with Crippen LogP contribution in [-0.2, 0) is 16.6 Å². The third-order valence-corrected chi connectivity index (χ3v) is 4.30. The van der Waals surface area contributed by atoms with E-state index < -0.39 is 22.4 Å². The van der Waals surface area contributed by atoms with E-state index in [1.807, 2.05) is 0 Å². The molecule has 4 nitrogen and oxygen atoms in total. The number of nitrogens with two attached hydrogens (primary N) is 1. The van der Waals surface area contributed by atoms with Crippen molar-refractivity contribution in [1.29, 1.82) is 0 Å². The van der Waals surface area contributed by atoms with Crippen molar-refractivity contribution in [2.75, 3.05) is 5.73 Å². The van der Waals surface area contributed by atoms with E-state index in [4.69, 9.17) is 5.73 Å². The van der Waals surface area contributed by atoms with Crippen molar-refractivity contribution in [3.05, 3.63) is 53.9 Å². The molecule has 108 valence electrons. The van der Waals surface area contributed by atoms with Crippen LogP contribution >= 0.6 is 0 Å². The standard InChI is InChI=1S/C14H11F2N3OS/c15-8-1-3-10(16)13(5-8)21(20)7-14-18-11-4-2-9(17)6-12(11)19-14/h1-6H,7,17H2,(H,18,19). The number of nitrogens with one attached hydrogen (secondary N) is 1. The third kappa shape index (κ3) is 2.78. The molecule has 0 saturated carbocycles. The first kappa shape index (κ1) is 13.7. The minimum absolute atomic E-state index is 0.0328. The molecule has 0 saturated heterocycles. The Labute approximate surface area is 121 Å². The maximum Gasteiger partial charge on any atom is 0.139 e. The smallest absolute Gasteiger partial charge is 0.139 e. The SMILES string of the molecule is Nc1ccc2nc(CS(=O)c3cc(F)ccc3F)[nH]c2c1. The lowest BCUT2D eigenvalue weighted by molar-refractivity contribution is 0.572. The fourth-order valence-corrected chi connectivity index (χ4v) is 3.07. The number of H-pyrrole nitrogens is 1. The molecule has 3 rings (SSSR count). The number of nitrogen functional groups attached to an aromatic ring is 1. The summed E-state index contributed by atoms with van der Waals surface area (Å²) in [4.78, 5) is 7.05. The number of fused-ring (bicyclic) bond motifs is 1. The minimum atomic E-state index is -1.73. The van der Waals surface area contributed by atoms with Crippen LogP contribution in [0.2, 0.25) is 0 Å². The molecular weight excluding hydrogens is 296 g/mol. The molecule has 1 unspecified atom stereocenters. The second kappa shape index (κ2) is 5.25. The molecule has 2 aromatic carbocycles. The molecule has 1 atom stereocenters. The largest absolute Gasteiger partial charge is 0.399 e. The Hall–Kier alpha value is -2.28. The summed E-state index contributed by atoms with van der Waals surface area (Å²) in [5.74, 6) is -0.931. The van der Waals surface area contributed by atoms with Crippen molar-refractivity contribution in [3.8, 4) is 0 Å². The van der Waals surface area contributed by atoms with Gasteiger partial charge in [0, 0.05) is 5.69 Å². The summed E-state index contributed by atoms with van der Waals surface area (Å²) < 4.78 is 38.8. The fourth-order valence-electron chi connectivity index (χ4n) is 2.00. The zero-order valence-corrected chi connectivity index (χ0v) is 11.6. The Morgan fingerprint density at radius 2 is 2.00 bits per heavy atom. The van der Waals surface area contributed by atoms with E-state index in [1.54, 1.807) is 18.2 Å². The van der Waals surface area contributed by atoms with Crippen molar-refractivity contribution in [3.63, 3.8) is 0 Å². The summed E-state index contributed by atoms with van der Waals surface area (Å²) >= 11 is 0. The molecule has 0 aliphatic heterocycles. The van der Waals surface area contributed by atoms with Gasteiger partial charge in [-0.1, -0.05) is 0 Å². The summed E-state index contributed by atoms with van der Waals surface area (Å²) in [7, 11) is -1.73. The van der Waals surface area contributed by atoms with E-state index in [0.717, 1.165) is 18.2 Å². The number of benzene rings is 2. The van der Waals surface area contributed by atoms with Crippen LogP contribution in [0, 0.1) is 11.6 Å². The minimum Gasteiger partial charge on any atom is -0.399 e. The first-order chi connectivity index (χ1) is 10.0. The van der Waals surface area contributed by atoms with Crippen LogP contribution in [0.3, 0.4) is 0 Å². The van der Waals surface area contributed by atoms with Gasteiger partial charge in [-0.05, 0) is 36.4 Å². The third-order valence-electron chi connectivity index (χ3n) is 2.96. The van der Waals surface area contributed by atoms with Crippen molar-refractivity contribution < 1.29 is 13.0 Å². The van der Waals surface area contributed by atoms with E-state index >= 15 is 0 Å². The monoisotopic (exact) mass is 307 g/mol. The van der Waals surface area contributed by atoms with E-state index in [9.17, 15) is 13.0 Å². The van der Waals surface area contributed by atoms with Crippen LogP contribution in [0.4, 0.5) is 14.5 Å². The predicted octanol–water partition coefficient (Wildman–Crippen LogP) is 2.73. The van der Waals surface area contributed by atoms with Crippen LogP contribution in [0.25, 0.3) is 11.0 Å². The molecule has 0 aliphatic rings. The van der Waals surface area contributed by atoms with Gasteiger partial charge in [0.15, 0.2) is 0 Å². The van der Waals surface area contributed by atoms with Gasteiger partial charge in [0.25, 0.3) is 0 Å². The molecule has 0 spiro atoms.